The van der Waals surface area contributed by atoms with Crippen LogP contribution in [-0.2, 0) is 11.3 Å². The number of aromatic nitrogens is 2. The zero-order valence-corrected chi connectivity index (χ0v) is 18.3. The molecule has 0 spiro atoms. The standard InChI is InChI=1S/C24H28N4O3/c1-17(2)23-25-11-12-28(23)15-18-7-5-9-20(13-18)26-24(30)19-8-6-10-21(14-19)31-16-22(29)27(3)4/h5-14,17H,15-16H2,1-4H3,(H,26,30). The minimum atomic E-state index is -0.243. The van der Waals surface area contributed by atoms with E-state index in [4.69, 9.17) is 4.74 Å². The number of ether oxygens (including phenoxy) is 1. The Kier molecular flexibility index (Phi) is 7.07. The van der Waals surface area contributed by atoms with Gasteiger partial charge in [-0.2, -0.15) is 0 Å². The molecule has 0 saturated carbocycles. The smallest absolute Gasteiger partial charge is 0.259 e. The third-order valence-corrected chi connectivity index (χ3v) is 4.76. The van der Waals surface area contributed by atoms with Gasteiger partial charge in [0.15, 0.2) is 6.61 Å². The van der Waals surface area contributed by atoms with E-state index in [0.29, 0.717) is 29.5 Å². The molecule has 2 amide bonds. The van der Waals surface area contributed by atoms with Gasteiger partial charge in [-0.25, -0.2) is 4.98 Å². The highest BCUT2D eigenvalue weighted by molar-refractivity contribution is 6.04. The van der Waals surface area contributed by atoms with Gasteiger partial charge in [0.05, 0.1) is 0 Å². The largest absolute Gasteiger partial charge is 0.484 e. The molecule has 7 heteroatoms. The highest BCUT2D eigenvalue weighted by Gasteiger charge is 2.11. The number of benzene rings is 2. The van der Waals surface area contributed by atoms with Crippen molar-refractivity contribution in [2.45, 2.75) is 26.3 Å². The molecule has 2 aromatic carbocycles. The monoisotopic (exact) mass is 420 g/mol. The predicted molar refractivity (Wildman–Crippen MR) is 120 cm³/mol. The van der Waals surface area contributed by atoms with E-state index in [9.17, 15) is 9.59 Å². The predicted octanol–water partition coefficient (Wildman–Crippen LogP) is 3.77. The van der Waals surface area contributed by atoms with Gasteiger partial charge in [0.1, 0.15) is 11.6 Å². The molecule has 0 radical (unpaired) electrons. The number of carbonyl (C=O) groups excluding carboxylic acids is 2. The fourth-order valence-corrected chi connectivity index (χ4v) is 3.10. The van der Waals surface area contributed by atoms with Crippen molar-refractivity contribution in [1.82, 2.24) is 14.5 Å². The van der Waals surface area contributed by atoms with Gasteiger partial charge in [-0.05, 0) is 35.9 Å². The third-order valence-electron chi connectivity index (χ3n) is 4.76. The lowest BCUT2D eigenvalue weighted by Crippen LogP contribution is -2.27. The fraction of sp³-hybridized carbons (Fsp3) is 0.292. The number of hydrogen-bond donors (Lipinski definition) is 1. The van der Waals surface area contributed by atoms with Gasteiger partial charge in [0, 0.05) is 50.2 Å². The van der Waals surface area contributed by atoms with Gasteiger partial charge in [0.25, 0.3) is 11.8 Å². The van der Waals surface area contributed by atoms with Crippen molar-refractivity contribution in [3.05, 3.63) is 77.9 Å². The summed E-state index contributed by atoms with van der Waals surface area (Å²) in [5, 5.41) is 2.93. The van der Waals surface area contributed by atoms with Crippen LogP contribution in [0.15, 0.2) is 60.9 Å². The summed E-state index contributed by atoms with van der Waals surface area (Å²) < 4.78 is 7.61. The Hall–Kier alpha value is -3.61. The molecule has 0 aliphatic heterocycles. The molecule has 0 aliphatic rings. The molecule has 162 valence electrons. The lowest BCUT2D eigenvalue weighted by molar-refractivity contribution is -0.130. The van der Waals surface area contributed by atoms with Crippen LogP contribution < -0.4 is 10.1 Å². The summed E-state index contributed by atoms with van der Waals surface area (Å²) in [6, 6.07) is 14.5. The first kappa shape index (κ1) is 22.1. The molecule has 31 heavy (non-hydrogen) atoms. The Morgan fingerprint density at radius 2 is 1.90 bits per heavy atom. The molecular formula is C24H28N4O3. The van der Waals surface area contributed by atoms with E-state index < -0.39 is 0 Å². The van der Waals surface area contributed by atoms with E-state index >= 15 is 0 Å². The van der Waals surface area contributed by atoms with Crippen molar-refractivity contribution in [1.29, 1.82) is 0 Å². The van der Waals surface area contributed by atoms with E-state index in [1.165, 1.54) is 4.90 Å². The van der Waals surface area contributed by atoms with Gasteiger partial charge in [-0.1, -0.05) is 32.0 Å². The summed E-state index contributed by atoms with van der Waals surface area (Å²) in [6.07, 6.45) is 3.77. The van der Waals surface area contributed by atoms with Crippen molar-refractivity contribution in [2.75, 3.05) is 26.0 Å². The van der Waals surface area contributed by atoms with Gasteiger partial charge < -0.3 is 19.5 Å². The zero-order valence-electron chi connectivity index (χ0n) is 18.3. The van der Waals surface area contributed by atoms with Crippen LogP contribution in [-0.4, -0.2) is 47.0 Å². The third kappa shape index (κ3) is 5.94. The molecular weight excluding hydrogens is 392 g/mol. The van der Waals surface area contributed by atoms with Crippen LogP contribution in [0.2, 0.25) is 0 Å². The molecule has 0 atom stereocenters. The summed E-state index contributed by atoms with van der Waals surface area (Å²) in [7, 11) is 3.33. The van der Waals surface area contributed by atoms with Crippen LogP contribution in [0.3, 0.4) is 0 Å². The van der Waals surface area contributed by atoms with Crippen LogP contribution in [0.1, 0.15) is 41.5 Å². The van der Waals surface area contributed by atoms with Crippen LogP contribution in [0.5, 0.6) is 5.75 Å². The minimum Gasteiger partial charge on any atom is -0.484 e. The molecule has 0 bridgehead atoms. The Morgan fingerprint density at radius 1 is 1.13 bits per heavy atom. The number of amides is 2. The van der Waals surface area contributed by atoms with E-state index in [2.05, 4.69) is 28.7 Å². The number of hydrogen-bond acceptors (Lipinski definition) is 4. The van der Waals surface area contributed by atoms with Gasteiger partial charge in [-0.3, -0.25) is 9.59 Å². The maximum absolute atomic E-state index is 12.7. The molecule has 0 saturated heterocycles. The summed E-state index contributed by atoms with van der Waals surface area (Å²) in [4.78, 5) is 30.3. The number of likely N-dealkylation sites (N-methyl/N-ethyl adjacent to an activating group) is 1. The molecule has 0 fully saturated rings. The minimum absolute atomic E-state index is 0.0767. The Labute approximate surface area is 182 Å². The van der Waals surface area contributed by atoms with E-state index in [-0.39, 0.29) is 18.4 Å². The number of carbonyl (C=O) groups is 2. The second-order valence-electron chi connectivity index (χ2n) is 7.83. The van der Waals surface area contributed by atoms with Crippen molar-refractivity contribution < 1.29 is 14.3 Å². The summed E-state index contributed by atoms with van der Waals surface area (Å²) in [6.45, 7) is 4.83. The maximum Gasteiger partial charge on any atom is 0.259 e. The summed E-state index contributed by atoms with van der Waals surface area (Å²) in [5.74, 6) is 1.44. The SMILES string of the molecule is CC(C)c1nccn1Cc1cccc(NC(=O)c2cccc(OCC(=O)N(C)C)c2)c1. The van der Waals surface area contributed by atoms with Crippen LogP contribution in [0.25, 0.3) is 0 Å². The maximum atomic E-state index is 12.7. The quantitative estimate of drug-likeness (QED) is 0.602. The molecule has 1 heterocycles. The number of rotatable bonds is 8. The normalized spacial score (nSPS) is 10.7. The van der Waals surface area contributed by atoms with Crippen LogP contribution in [0.4, 0.5) is 5.69 Å². The Balaban J connectivity index is 1.67. The van der Waals surface area contributed by atoms with Crippen molar-refractivity contribution in [2.24, 2.45) is 0 Å². The van der Waals surface area contributed by atoms with E-state index in [0.717, 1.165) is 11.4 Å². The second kappa shape index (κ2) is 9.93. The first-order chi connectivity index (χ1) is 14.8. The lowest BCUT2D eigenvalue weighted by Gasteiger charge is -2.13. The Bertz CT molecular complexity index is 1060. The van der Waals surface area contributed by atoms with Gasteiger partial charge in [0.2, 0.25) is 0 Å². The first-order valence-electron chi connectivity index (χ1n) is 10.2. The van der Waals surface area contributed by atoms with E-state index in [1.54, 1.807) is 38.4 Å². The molecule has 7 nitrogen and oxygen atoms in total. The number of nitrogens with one attached hydrogen (secondary N) is 1. The fourth-order valence-electron chi connectivity index (χ4n) is 3.10. The van der Waals surface area contributed by atoms with Crippen LogP contribution >= 0.6 is 0 Å². The van der Waals surface area contributed by atoms with Gasteiger partial charge >= 0.3 is 0 Å². The zero-order chi connectivity index (χ0) is 22.4. The Morgan fingerprint density at radius 3 is 2.65 bits per heavy atom. The first-order valence-corrected chi connectivity index (χ1v) is 10.2. The lowest BCUT2D eigenvalue weighted by atomic mass is 10.1. The van der Waals surface area contributed by atoms with Crippen molar-refractivity contribution >= 4 is 17.5 Å². The van der Waals surface area contributed by atoms with E-state index in [1.807, 2.05) is 36.7 Å². The average molecular weight is 421 g/mol. The van der Waals surface area contributed by atoms with Gasteiger partial charge in [-0.15, -0.1) is 0 Å². The number of imidazole rings is 1. The average Bonchev–Trinajstić information content (AvgIpc) is 3.20. The molecule has 1 N–H and O–H groups in total. The van der Waals surface area contributed by atoms with Crippen molar-refractivity contribution in [3.63, 3.8) is 0 Å². The molecule has 3 aromatic rings. The molecule has 3 rings (SSSR count). The molecule has 1 aromatic heterocycles. The topological polar surface area (TPSA) is 76.5 Å². The second-order valence-corrected chi connectivity index (χ2v) is 7.83. The highest BCUT2D eigenvalue weighted by atomic mass is 16.5. The number of anilines is 1. The summed E-state index contributed by atoms with van der Waals surface area (Å²) in [5.41, 5.74) is 2.23. The molecule has 0 unspecified atom stereocenters. The number of nitrogens with zero attached hydrogens (tertiary/aromatic N) is 3. The highest BCUT2D eigenvalue weighted by Crippen LogP contribution is 2.18. The summed E-state index contributed by atoms with van der Waals surface area (Å²) >= 11 is 0. The molecule has 0 aliphatic carbocycles. The van der Waals surface area contributed by atoms with Crippen LogP contribution in [0, 0.1) is 0 Å². The van der Waals surface area contributed by atoms with Crippen molar-refractivity contribution in [3.8, 4) is 5.75 Å².